The first kappa shape index (κ1) is 22.2. The Bertz CT molecular complexity index is 661. The zero-order chi connectivity index (χ0) is 20.2. The fourth-order valence-corrected chi connectivity index (χ4v) is 3.03. The van der Waals surface area contributed by atoms with Gasteiger partial charge < -0.3 is 28.5 Å². The minimum atomic E-state index is -0.617. The van der Waals surface area contributed by atoms with Gasteiger partial charge in [0.1, 0.15) is 12.4 Å². The van der Waals surface area contributed by atoms with Crippen molar-refractivity contribution in [3.8, 4) is 11.5 Å². The highest BCUT2D eigenvalue weighted by Gasteiger charge is 2.17. The van der Waals surface area contributed by atoms with Gasteiger partial charge in [-0.15, -0.1) is 0 Å². The number of ether oxygens (including phenoxy) is 4. The molecule has 7 nitrogen and oxygen atoms in total. The van der Waals surface area contributed by atoms with Crippen LogP contribution in [0, 0.1) is 0 Å². The molecule has 2 rings (SSSR count). The minimum Gasteiger partial charge on any atom is -0.493 e. The van der Waals surface area contributed by atoms with Crippen LogP contribution in [0.25, 0.3) is 0 Å². The zero-order valence-electron chi connectivity index (χ0n) is 16.9. The highest BCUT2D eigenvalue weighted by molar-refractivity contribution is 5.46. The Labute approximate surface area is 166 Å². The van der Waals surface area contributed by atoms with Gasteiger partial charge in [-0.2, -0.15) is 0 Å². The molecule has 0 saturated carbocycles. The summed E-state index contributed by atoms with van der Waals surface area (Å²) in [6.07, 6.45) is 1.85. The van der Waals surface area contributed by atoms with Crippen molar-refractivity contribution in [1.82, 2.24) is 4.90 Å². The highest BCUT2D eigenvalue weighted by Crippen LogP contribution is 2.31. The Kier molecular flexibility index (Phi) is 9.85. The normalized spacial score (nSPS) is 12.3. The van der Waals surface area contributed by atoms with E-state index >= 15 is 0 Å². The van der Waals surface area contributed by atoms with Gasteiger partial charge in [-0.25, -0.2) is 0 Å². The van der Waals surface area contributed by atoms with Crippen molar-refractivity contribution < 1.29 is 28.5 Å². The molecule has 7 heteroatoms. The molecule has 0 bridgehead atoms. The number of nitrogens with zero attached hydrogens (tertiary/aromatic N) is 1. The number of aliphatic hydroxyl groups excluding tert-OH is 1. The van der Waals surface area contributed by atoms with Gasteiger partial charge in [0.25, 0.3) is 0 Å². The lowest BCUT2D eigenvalue weighted by atomic mass is 10.1. The molecule has 1 N–H and O–H groups in total. The quantitative estimate of drug-likeness (QED) is 0.495. The van der Waals surface area contributed by atoms with E-state index in [1.165, 1.54) is 0 Å². The molecule has 0 saturated heterocycles. The predicted octanol–water partition coefficient (Wildman–Crippen LogP) is 2.71. The maximum atomic E-state index is 10.4. The number of benzene rings is 1. The van der Waals surface area contributed by atoms with Crippen molar-refractivity contribution in [2.75, 3.05) is 47.6 Å². The van der Waals surface area contributed by atoms with Gasteiger partial charge in [0.15, 0.2) is 11.5 Å². The average molecular weight is 393 g/mol. The van der Waals surface area contributed by atoms with Gasteiger partial charge in [0.05, 0.1) is 33.2 Å². The second-order valence-corrected chi connectivity index (χ2v) is 6.48. The van der Waals surface area contributed by atoms with Crippen molar-refractivity contribution in [3.05, 3.63) is 47.9 Å². The van der Waals surface area contributed by atoms with Gasteiger partial charge >= 0.3 is 0 Å². The summed E-state index contributed by atoms with van der Waals surface area (Å²) < 4.78 is 26.9. The Morgan fingerprint density at radius 3 is 2.64 bits per heavy atom. The van der Waals surface area contributed by atoms with Crippen molar-refractivity contribution in [1.29, 1.82) is 0 Å². The SMILES string of the molecule is COCCCN(Cc1cccc(OC)c1OC)C[C@@H](O)COCc1ccco1. The lowest BCUT2D eigenvalue weighted by Crippen LogP contribution is -2.35. The van der Waals surface area contributed by atoms with Crippen LogP contribution in [0.3, 0.4) is 0 Å². The molecule has 0 amide bonds. The summed E-state index contributed by atoms with van der Waals surface area (Å²) >= 11 is 0. The second kappa shape index (κ2) is 12.4. The van der Waals surface area contributed by atoms with Crippen LogP contribution in [0.4, 0.5) is 0 Å². The van der Waals surface area contributed by atoms with E-state index in [1.54, 1.807) is 27.6 Å². The van der Waals surface area contributed by atoms with Crippen molar-refractivity contribution in [2.24, 2.45) is 0 Å². The molecule has 156 valence electrons. The number of hydrogen-bond donors (Lipinski definition) is 1. The summed E-state index contributed by atoms with van der Waals surface area (Å²) in [5, 5.41) is 10.4. The fourth-order valence-electron chi connectivity index (χ4n) is 3.03. The topological polar surface area (TPSA) is 73.5 Å². The van der Waals surface area contributed by atoms with Crippen LogP contribution in [0.15, 0.2) is 41.0 Å². The van der Waals surface area contributed by atoms with Crippen molar-refractivity contribution in [3.63, 3.8) is 0 Å². The number of methoxy groups -OCH3 is 3. The van der Waals surface area contributed by atoms with Crippen LogP contribution in [0.1, 0.15) is 17.7 Å². The zero-order valence-corrected chi connectivity index (χ0v) is 16.9. The molecular weight excluding hydrogens is 362 g/mol. The van der Waals surface area contributed by atoms with E-state index in [-0.39, 0.29) is 6.61 Å². The van der Waals surface area contributed by atoms with Crippen LogP contribution in [-0.4, -0.2) is 63.7 Å². The monoisotopic (exact) mass is 393 g/mol. The van der Waals surface area contributed by atoms with Crippen LogP contribution >= 0.6 is 0 Å². The van der Waals surface area contributed by atoms with Crippen LogP contribution < -0.4 is 9.47 Å². The number of furan rings is 1. The van der Waals surface area contributed by atoms with Crippen LogP contribution in [0.5, 0.6) is 11.5 Å². The lowest BCUT2D eigenvalue weighted by molar-refractivity contribution is 0.00271. The van der Waals surface area contributed by atoms with E-state index in [4.69, 9.17) is 23.4 Å². The maximum Gasteiger partial charge on any atom is 0.165 e. The van der Waals surface area contributed by atoms with Crippen molar-refractivity contribution >= 4 is 0 Å². The molecule has 1 aromatic heterocycles. The van der Waals surface area contributed by atoms with Gasteiger partial charge in [0.2, 0.25) is 0 Å². The first-order valence-corrected chi connectivity index (χ1v) is 9.37. The summed E-state index contributed by atoms with van der Waals surface area (Å²) in [6, 6.07) is 9.47. The summed E-state index contributed by atoms with van der Waals surface area (Å²) in [5.41, 5.74) is 1.00. The Morgan fingerprint density at radius 1 is 1.11 bits per heavy atom. The van der Waals surface area contributed by atoms with E-state index in [0.717, 1.165) is 24.3 Å². The van der Waals surface area contributed by atoms with Gasteiger partial charge in [-0.05, 0) is 24.6 Å². The molecule has 0 aliphatic carbocycles. The molecule has 1 atom stereocenters. The molecule has 28 heavy (non-hydrogen) atoms. The van der Waals surface area contributed by atoms with E-state index in [2.05, 4.69) is 4.90 Å². The second-order valence-electron chi connectivity index (χ2n) is 6.48. The molecule has 0 radical (unpaired) electrons. The fraction of sp³-hybridized carbons (Fsp3) is 0.524. The molecule has 0 fully saturated rings. The summed E-state index contributed by atoms with van der Waals surface area (Å²) in [6.45, 7) is 3.12. The molecule has 0 aliphatic rings. The number of para-hydroxylation sites is 1. The smallest absolute Gasteiger partial charge is 0.165 e. The summed E-state index contributed by atoms with van der Waals surface area (Å²) in [7, 11) is 4.94. The van der Waals surface area contributed by atoms with Crippen LogP contribution in [0.2, 0.25) is 0 Å². The standard InChI is InChI=1S/C21H31NO6/c1-24-11-6-10-22(13-17-7-4-9-20(25-2)21(17)26-3)14-18(23)15-27-16-19-8-5-12-28-19/h4-5,7-9,12,18,23H,6,10-11,13-16H2,1-3H3/t18-/m1/s1. The number of aliphatic hydroxyl groups is 1. The van der Waals surface area contributed by atoms with E-state index in [0.29, 0.717) is 37.8 Å². The Balaban J connectivity index is 1.94. The summed E-state index contributed by atoms with van der Waals surface area (Å²) in [4.78, 5) is 2.16. The first-order valence-electron chi connectivity index (χ1n) is 9.37. The summed E-state index contributed by atoms with van der Waals surface area (Å²) in [5.74, 6) is 2.15. The molecular formula is C21H31NO6. The molecule has 0 spiro atoms. The Hall–Kier alpha value is -2.06. The van der Waals surface area contributed by atoms with E-state index in [1.807, 2.05) is 30.3 Å². The minimum absolute atomic E-state index is 0.233. The van der Waals surface area contributed by atoms with Crippen molar-refractivity contribution in [2.45, 2.75) is 25.7 Å². The van der Waals surface area contributed by atoms with Gasteiger partial charge in [0, 0.05) is 38.9 Å². The molecule has 2 aromatic rings. The number of hydrogen-bond acceptors (Lipinski definition) is 7. The number of rotatable bonds is 14. The molecule has 1 heterocycles. The highest BCUT2D eigenvalue weighted by atomic mass is 16.5. The predicted molar refractivity (Wildman–Crippen MR) is 106 cm³/mol. The Morgan fingerprint density at radius 2 is 1.96 bits per heavy atom. The van der Waals surface area contributed by atoms with Gasteiger partial charge in [-0.3, -0.25) is 4.90 Å². The molecule has 0 aliphatic heterocycles. The molecule has 0 unspecified atom stereocenters. The van der Waals surface area contributed by atoms with Crippen LogP contribution in [-0.2, 0) is 22.6 Å². The average Bonchev–Trinajstić information content (AvgIpc) is 3.21. The maximum absolute atomic E-state index is 10.4. The lowest BCUT2D eigenvalue weighted by Gasteiger charge is -2.26. The third-order valence-electron chi connectivity index (χ3n) is 4.30. The third-order valence-corrected chi connectivity index (χ3v) is 4.30. The van der Waals surface area contributed by atoms with E-state index < -0.39 is 6.10 Å². The molecule has 1 aromatic carbocycles. The van der Waals surface area contributed by atoms with Gasteiger partial charge in [-0.1, -0.05) is 12.1 Å². The largest absolute Gasteiger partial charge is 0.493 e. The van der Waals surface area contributed by atoms with E-state index in [9.17, 15) is 5.11 Å². The first-order chi connectivity index (χ1) is 13.7. The third kappa shape index (κ3) is 7.16.